The maximum Gasteiger partial charge on any atom is 0.400 e. The number of ether oxygens (including phenoxy) is 3. The molecule has 2 saturated carbocycles. The van der Waals surface area contributed by atoms with Crippen LogP contribution in [0, 0.1) is 47.0 Å². The number of hydrogen-bond acceptors (Lipinski definition) is 3. The Hall–Kier alpha value is -1.90. The molecule has 0 radical (unpaired) electrons. The van der Waals surface area contributed by atoms with Gasteiger partial charge in [0.1, 0.15) is 23.2 Å². The zero-order chi connectivity index (χ0) is 27.7. The summed E-state index contributed by atoms with van der Waals surface area (Å²) < 4.78 is 90.0. The van der Waals surface area contributed by atoms with Crippen molar-refractivity contribution in [1.82, 2.24) is 0 Å². The van der Waals surface area contributed by atoms with Gasteiger partial charge in [0.2, 0.25) is 0 Å². The molecule has 2 aromatic rings. The standard InChI is InChI=1S/C30H34ClF5O3/c1-17-15-37-29(38-16-17)20-4-2-18(3-5-20)19-6-9-22(10-7-19)30(35,36)39-23-13-26(33)28(27(34)14-23)21-8-11-24(31)25(32)12-21/h8,11-14,17-20,22,29H,2-7,9-10,15-16H2,1H3. The SMILES string of the molecule is CC1COC(C2CCC(C3CCC(C(F)(F)Oc4cc(F)c(-c5ccc(Cl)c(F)c5)c(F)c4)CC3)CC2)OC1. The summed E-state index contributed by atoms with van der Waals surface area (Å²) in [5.41, 5.74) is -0.626. The highest BCUT2D eigenvalue weighted by Gasteiger charge is 2.45. The van der Waals surface area contributed by atoms with E-state index < -0.39 is 40.8 Å². The van der Waals surface area contributed by atoms with E-state index in [1.807, 2.05) is 0 Å². The fourth-order valence-electron chi connectivity index (χ4n) is 6.48. The normalized spacial score (nSPS) is 30.2. The van der Waals surface area contributed by atoms with Crippen LogP contribution in [0.1, 0.15) is 58.3 Å². The van der Waals surface area contributed by atoms with Crippen LogP contribution >= 0.6 is 11.6 Å². The molecule has 0 aromatic heterocycles. The molecule has 9 heteroatoms. The second-order valence-corrected chi connectivity index (χ2v) is 11.9. The topological polar surface area (TPSA) is 27.7 Å². The lowest BCUT2D eigenvalue weighted by Gasteiger charge is -2.41. The van der Waals surface area contributed by atoms with Crippen LogP contribution in [0.15, 0.2) is 30.3 Å². The minimum atomic E-state index is -3.57. The second-order valence-electron chi connectivity index (χ2n) is 11.5. The lowest BCUT2D eigenvalue weighted by Crippen LogP contribution is -2.40. The number of alkyl halides is 2. The fraction of sp³-hybridized carbons (Fsp3) is 0.600. The molecule has 1 heterocycles. The lowest BCUT2D eigenvalue weighted by molar-refractivity contribution is -0.229. The van der Waals surface area contributed by atoms with Crippen molar-refractivity contribution in [2.75, 3.05) is 13.2 Å². The van der Waals surface area contributed by atoms with Crippen LogP contribution in [-0.2, 0) is 9.47 Å². The summed E-state index contributed by atoms with van der Waals surface area (Å²) in [6.07, 6.45) is 2.40. The molecular formula is C30H34ClF5O3. The van der Waals surface area contributed by atoms with Gasteiger partial charge < -0.3 is 14.2 Å². The summed E-state index contributed by atoms with van der Waals surface area (Å²) in [6, 6.07) is 4.74. The summed E-state index contributed by atoms with van der Waals surface area (Å²) in [4.78, 5) is 0. The monoisotopic (exact) mass is 572 g/mol. The zero-order valence-corrected chi connectivity index (χ0v) is 22.7. The Morgan fingerprint density at radius 1 is 0.769 bits per heavy atom. The Morgan fingerprint density at radius 2 is 1.31 bits per heavy atom. The molecule has 3 nitrogen and oxygen atoms in total. The molecule has 0 spiro atoms. The maximum absolute atomic E-state index is 15.1. The third-order valence-electron chi connectivity index (χ3n) is 8.68. The van der Waals surface area contributed by atoms with E-state index in [0.29, 0.717) is 48.6 Å². The average Bonchev–Trinajstić information content (AvgIpc) is 2.91. The highest BCUT2D eigenvalue weighted by molar-refractivity contribution is 6.30. The molecule has 3 fully saturated rings. The number of hydrogen-bond donors (Lipinski definition) is 0. The Labute approximate surface area is 231 Å². The molecule has 0 atom stereocenters. The van der Waals surface area contributed by atoms with Crippen molar-refractivity contribution in [1.29, 1.82) is 0 Å². The third-order valence-corrected chi connectivity index (χ3v) is 8.99. The van der Waals surface area contributed by atoms with Gasteiger partial charge in [-0.2, -0.15) is 8.78 Å². The van der Waals surface area contributed by atoms with Crippen molar-refractivity contribution < 1.29 is 36.2 Å². The average molecular weight is 573 g/mol. The van der Waals surface area contributed by atoms with Gasteiger partial charge in [0.25, 0.3) is 0 Å². The first kappa shape index (κ1) is 28.6. The van der Waals surface area contributed by atoms with Gasteiger partial charge in [0, 0.05) is 24.0 Å². The molecule has 5 rings (SSSR count). The molecule has 1 aliphatic heterocycles. The van der Waals surface area contributed by atoms with E-state index in [4.69, 9.17) is 25.8 Å². The summed E-state index contributed by atoms with van der Waals surface area (Å²) in [5, 5.41) is -0.195. The molecule has 2 aromatic carbocycles. The van der Waals surface area contributed by atoms with Gasteiger partial charge >= 0.3 is 6.11 Å². The van der Waals surface area contributed by atoms with Crippen LogP contribution in [0.25, 0.3) is 11.1 Å². The summed E-state index contributed by atoms with van der Waals surface area (Å²) in [5.74, 6) is -3.01. The molecule has 1 saturated heterocycles. The molecule has 2 aliphatic carbocycles. The van der Waals surface area contributed by atoms with Crippen LogP contribution in [0.2, 0.25) is 5.02 Å². The summed E-state index contributed by atoms with van der Waals surface area (Å²) >= 11 is 5.64. The molecule has 0 N–H and O–H groups in total. The minimum Gasteiger partial charge on any atom is -0.432 e. The Bertz CT molecular complexity index is 1110. The van der Waals surface area contributed by atoms with Gasteiger partial charge in [-0.3, -0.25) is 0 Å². The van der Waals surface area contributed by atoms with Crippen molar-refractivity contribution in [2.24, 2.45) is 29.6 Å². The summed E-state index contributed by atoms with van der Waals surface area (Å²) in [6.45, 7) is 3.57. The minimum absolute atomic E-state index is 0.0917. The van der Waals surface area contributed by atoms with E-state index in [1.165, 1.54) is 12.1 Å². The highest BCUT2D eigenvalue weighted by atomic mass is 35.5. The largest absolute Gasteiger partial charge is 0.432 e. The first-order valence-corrected chi connectivity index (χ1v) is 14.2. The first-order valence-electron chi connectivity index (χ1n) is 13.8. The Balaban J connectivity index is 1.15. The van der Waals surface area contributed by atoms with Crippen LogP contribution in [-0.4, -0.2) is 25.6 Å². The Kier molecular flexibility index (Phi) is 8.74. The van der Waals surface area contributed by atoms with Crippen LogP contribution in [0.3, 0.4) is 0 Å². The van der Waals surface area contributed by atoms with Gasteiger partial charge in [-0.05, 0) is 80.9 Å². The molecule has 214 valence electrons. The number of rotatable bonds is 6. The van der Waals surface area contributed by atoms with Crippen molar-refractivity contribution in [3.63, 3.8) is 0 Å². The van der Waals surface area contributed by atoms with E-state index >= 15 is 8.78 Å². The lowest BCUT2D eigenvalue weighted by atomic mass is 9.69. The van der Waals surface area contributed by atoms with Gasteiger partial charge in [0.15, 0.2) is 6.29 Å². The van der Waals surface area contributed by atoms with E-state index in [9.17, 15) is 13.2 Å². The smallest absolute Gasteiger partial charge is 0.400 e. The third kappa shape index (κ3) is 6.54. The molecule has 0 unspecified atom stereocenters. The van der Waals surface area contributed by atoms with Crippen molar-refractivity contribution in [3.05, 3.63) is 52.8 Å². The van der Waals surface area contributed by atoms with Crippen LogP contribution in [0.5, 0.6) is 5.75 Å². The van der Waals surface area contributed by atoms with E-state index in [2.05, 4.69) is 6.92 Å². The van der Waals surface area contributed by atoms with Crippen LogP contribution in [0.4, 0.5) is 22.0 Å². The molecule has 39 heavy (non-hydrogen) atoms. The molecule has 3 aliphatic rings. The first-order chi connectivity index (χ1) is 18.6. The predicted molar refractivity (Wildman–Crippen MR) is 138 cm³/mol. The van der Waals surface area contributed by atoms with Crippen LogP contribution < -0.4 is 4.74 Å². The van der Waals surface area contributed by atoms with Crippen molar-refractivity contribution in [3.8, 4) is 16.9 Å². The van der Waals surface area contributed by atoms with Gasteiger partial charge in [0.05, 0.1) is 29.7 Å². The molecular weight excluding hydrogens is 539 g/mol. The number of halogens is 6. The van der Waals surface area contributed by atoms with Gasteiger partial charge in [-0.25, -0.2) is 13.2 Å². The van der Waals surface area contributed by atoms with E-state index in [-0.39, 0.29) is 29.7 Å². The summed E-state index contributed by atoms with van der Waals surface area (Å²) in [7, 11) is 0. The second kappa shape index (κ2) is 11.9. The van der Waals surface area contributed by atoms with Crippen molar-refractivity contribution >= 4 is 11.6 Å². The predicted octanol–water partition coefficient (Wildman–Crippen LogP) is 9.02. The highest BCUT2D eigenvalue weighted by Crippen LogP contribution is 2.46. The number of benzene rings is 2. The van der Waals surface area contributed by atoms with E-state index in [0.717, 1.165) is 45.0 Å². The molecule has 0 amide bonds. The van der Waals surface area contributed by atoms with Gasteiger partial charge in [-0.15, -0.1) is 0 Å². The quantitative estimate of drug-likeness (QED) is 0.323. The fourth-order valence-corrected chi connectivity index (χ4v) is 6.60. The zero-order valence-electron chi connectivity index (χ0n) is 21.9. The Morgan fingerprint density at radius 3 is 1.87 bits per heavy atom. The van der Waals surface area contributed by atoms with Gasteiger partial charge in [-0.1, -0.05) is 24.6 Å². The van der Waals surface area contributed by atoms with E-state index in [1.54, 1.807) is 0 Å². The molecule has 0 bridgehead atoms. The van der Waals surface area contributed by atoms with Crippen molar-refractivity contribution in [2.45, 2.75) is 70.7 Å². The maximum atomic E-state index is 15.1.